The van der Waals surface area contributed by atoms with E-state index >= 15 is 0 Å². The van der Waals surface area contributed by atoms with Gasteiger partial charge in [-0.3, -0.25) is 0 Å². The van der Waals surface area contributed by atoms with E-state index in [4.69, 9.17) is 16.2 Å². The number of imidazole rings is 1. The molecule has 0 unspecified atom stereocenters. The van der Waals surface area contributed by atoms with E-state index in [1.165, 1.54) is 0 Å². The van der Waals surface area contributed by atoms with Gasteiger partial charge in [-0.25, -0.2) is 4.98 Å². The van der Waals surface area contributed by atoms with Crippen molar-refractivity contribution >= 4 is 0 Å². The van der Waals surface area contributed by atoms with Crippen molar-refractivity contribution in [2.75, 3.05) is 0 Å². The van der Waals surface area contributed by atoms with Crippen molar-refractivity contribution in [1.29, 1.82) is 0 Å². The molecule has 0 aliphatic heterocycles. The number of nitrogens with two attached hydrogens (primary N) is 2. The maximum Gasteiger partial charge on any atom is 0.124 e. The Kier molecular flexibility index (Phi) is 3.75. The van der Waals surface area contributed by atoms with E-state index in [2.05, 4.69) is 4.98 Å². The number of aromatic nitrogens is 2. The minimum absolute atomic E-state index is 0.234. The summed E-state index contributed by atoms with van der Waals surface area (Å²) in [4.78, 5) is 3.87. The van der Waals surface area contributed by atoms with Gasteiger partial charge >= 0.3 is 0 Å². The van der Waals surface area contributed by atoms with Gasteiger partial charge in [-0.15, -0.1) is 0 Å². The fourth-order valence-electron chi connectivity index (χ4n) is 2.05. The number of ether oxygens (including phenoxy) is 1. The SMILES string of the molecule is N[C@@H]1C[C@H](N)[C@@H](OCn2ccnc2)[C@H](O)[C@H]1O. The summed E-state index contributed by atoms with van der Waals surface area (Å²) in [7, 11) is 0. The van der Waals surface area contributed by atoms with Gasteiger partial charge < -0.3 is 31.0 Å². The second-order valence-electron chi connectivity index (χ2n) is 4.38. The highest BCUT2D eigenvalue weighted by Crippen LogP contribution is 2.21. The molecule has 0 aromatic carbocycles. The van der Waals surface area contributed by atoms with E-state index < -0.39 is 24.4 Å². The fourth-order valence-corrected chi connectivity index (χ4v) is 2.05. The predicted molar refractivity (Wildman–Crippen MR) is 59.7 cm³/mol. The van der Waals surface area contributed by atoms with Crippen LogP contribution in [-0.2, 0) is 11.5 Å². The largest absolute Gasteiger partial charge is 0.389 e. The van der Waals surface area contributed by atoms with Crippen LogP contribution >= 0.6 is 0 Å². The van der Waals surface area contributed by atoms with Crippen LogP contribution in [0.15, 0.2) is 18.7 Å². The van der Waals surface area contributed by atoms with Crippen LogP contribution in [0.1, 0.15) is 6.42 Å². The molecule has 0 spiro atoms. The molecule has 0 radical (unpaired) electrons. The quantitative estimate of drug-likeness (QED) is 0.487. The molecule has 0 bridgehead atoms. The number of nitrogens with zero attached hydrogens (tertiary/aromatic N) is 2. The van der Waals surface area contributed by atoms with Crippen LogP contribution < -0.4 is 11.5 Å². The molecule has 5 atom stereocenters. The molecule has 7 nitrogen and oxygen atoms in total. The van der Waals surface area contributed by atoms with Crippen molar-refractivity contribution < 1.29 is 14.9 Å². The zero-order valence-corrected chi connectivity index (χ0v) is 9.38. The molecule has 0 saturated heterocycles. The summed E-state index contributed by atoms with van der Waals surface area (Å²) in [5.74, 6) is 0. The van der Waals surface area contributed by atoms with Gasteiger partial charge in [-0.05, 0) is 6.42 Å². The molecule has 17 heavy (non-hydrogen) atoms. The molecule has 7 heteroatoms. The average molecular weight is 242 g/mol. The zero-order valence-electron chi connectivity index (χ0n) is 9.38. The van der Waals surface area contributed by atoms with Gasteiger partial charge in [0.15, 0.2) is 0 Å². The van der Waals surface area contributed by atoms with E-state index in [1.807, 2.05) is 0 Å². The first kappa shape index (κ1) is 12.5. The van der Waals surface area contributed by atoms with Gasteiger partial charge in [0.1, 0.15) is 18.9 Å². The Morgan fingerprint density at radius 1 is 1.29 bits per heavy atom. The first-order chi connectivity index (χ1) is 8.09. The summed E-state index contributed by atoms with van der Waals surface area (Å²) in [6, 6.07) is -0.889. The van der Waals surface area contributed by atoms with Gasteiger partial charge in [0.05, 0.1) is 12.4 Å². The lowest BCUT2D eigenvalue weighted by molar-refractivity contribution is -0.141. The molecule has 6 N–H and O–H groups in total. The van der Waals surface area contributed by atoms with Gasteiger partial charge in [-0.2, -0.15) is 0 Å². The van der Waals surface area contributed by atoms with Crippen molar-refractivity contribution in [3.63, 3.8) is 0 Å². The monoisotopic (exact) mass is 242 g/mol. The highest BCUT2D eigenvalue weighted by Gasteiger charge is 2.41. The van der Waals surface area contributed by atoms with Crippen LogP contribution in [0.2, 0.25) is 0 Å². The third-order valence-corrected chi connectivity index (χ3v) is 3.07. The average Bonchev–Trinajstić information content (AvgIpc) is 2.79. The summed E-state index contributed by atoms with van der Waals surface area (Å²) < 4.78 is 7.21. The lowest BCUT2D eigenvalue weighted by Crippen LogP contribution is -2.62. The van der Waals surface area contributed by atoms with E-state index in [1.54, 1.807) is 23.3 Å². The van der Waals surface area contributed by atoms with Gasteiger partial charge in [0.2, 0.25) is 0 Å². The number of aliphatic hydroxyl groups excluding tert-OH is 2. The summed E-state index contributed by atoms with van der Waals surface area (Å²) in [5.41, 5.74) is 11.5. The van der Waals surface area contributed by atoms with Crippen molar-refractivity contribution in [2.45, 2.75) is 43.5 Å². The molecular weight excluding hydrogens is 224 g/mol. The van der Waals surface area contributed by atoms with Gasteiger partial charge in [-0.1, -0.05) is 0 Å². The zero-order chi connectivity index (χ0) is 12.4. The minimum Gasteiger partial charge on any atom is -0.389 e. The lowest BCUT2D eigenvalue weighted by atomic mass is 9.85. The van der Waals surface area contributed by atoms with Crippen molar-refractivity contribution in [2.24, 2.45) is 11.5 Å². The minimum atomic E-state index is -1.06. The van der Waals surface area contributed by atoms with Crippen molar-refractivity contribution in [1.82, 2.24) is 9.55 Å². The molecule has 1 aromatic heterocycles. The molecule has 1 fully saturated rings. The number of hydrogen-bond acceptors (Lipinski definition) is 6. The Morgan fingerprint density at radius 3 is 2.71 bits per heavy atom. The van der Waals surface area contributed by atoms with Gasteiger partial charge in [0.25, 0.3) is 0 Å². The Morgan fingerprint density at radius 2 is 2.06 bits per heavy atom. The molecule has 1 heterocycles. The summed E-state index contributed by atoms with van der Waals surface area (Å²) >= 11 is 0. The maximum absolute atomic E-state index is 9.85. The molecule has 96 valence electrons. The number of hydrogen-bond donors (Lipinski definition) is 4. The molecule has 1 saturated carbocycles. The number of rotatable bonds is 3. The molecular formula is C10H18N4O3. The van der Waals surface area contributed by atoms with Crippen LogP contribution in [-0.4, -0.2) is 50.2 Å². The Labute approximate surface area is 99.0 Å². The second kappa shape index (κ2) is 5.11. The highest BCUT2D eigenvalue weighted by atomic mass is 16.5. The normalized spacial score (nSPS) is 38.2. The van der Waals surface area contributed by atoms with Crippen molar-refractivity contribution in [3.8, 4) is 0 Å². The van der Waals surface area contributed by atoms with E-state index in [0.29, 0.717) is 6.42 Å². The lowest BCUT2D eigenvalue weighted by Gasteiger charge is -2.39. The molecule has 1 aliphatic carbocycles. The third-order valence-electron chi connectivity index (χ3n) is 3.07. The first-order valence-electron chi connectivity index (χ1n) is 5.54. The highest BCUT2D eigenvalue weighted by molar-refractivity contribution is 4.97. The third kappa shape index (κ3) is 2.64. The Hall–Kier alpha value is -0.990. The van der Waals surface area contributed by atoms with Crippen LogP contribution in [0.4, 0.5) is 0 Å². The molecule has 1 aromatic rings. The van der Waals surface area contributed by atoms with Crippen molar-refractivity contribution in [3.05, 3.63) is 18.7 Å². The summed E-state index contributed by atoms with van der Waals surface area (Å²) in [5, 5.41) is 19.5. The Balaban J connectivity index is 1.94. The van der Waals surface area contributed by atoms with Gasteiger partial charge in [0, 0.05) is 24.5 Å². The summed E-state index contributed by atoms with van der Waals surface area (Å²) in [6.45, 7) is 0.234. The van der Waals surface area contributed by atoms with E-state index in [9.17, 15) is 10.2 Å². The van der Waals surface area contributed by atoms with Crippen LogP contribution in [0.3, 0.4) is 0 Å². The first-order valence-corrected chi connectivity index (χ1v) is 5.54. The van der Waals surface area contributed by atoms with E-state index in [-0.39, 0.29) is 12.8 Å². The Bertz CT molecular complexity index is 345. The van der Waals surface area contributed by atoms with Crippen LogP contribution in [0.5, 0.6) is 0 Å². The van der Waals surface area contributed by atoms with E-state index in [0.717, 1.165) is 0 Å². The topological polar surface area (TPSA) is 120 Å². The van der Waals surface area contributed by atoms with Crippen LogP contribution in [0.25, 0.3) is 0 Å². The molecule has 2 rings (SSSR count). The molecule has 0 amide bonds. The number of aliphatic hydroxyl groups is 2. The standard InChI is InChI=1S/C10H18N4O3/c11-6-3-7(12)10(9(16)8(6)15)17-5-14-2-1-13-4-14/h1-2,4,6-10,15-16H,3,5,11-12H2/t6-,7+,8+,9-,10-/m1/s1. The maximum atomic E-state index is 9.85. The summed E-state index contributed by atoms with van der Waals surface area (Å²) in [6.07, 6.45) is 2.72. The van der Waals surface area contributed by atoms with Crippen LogP contribution in [0, 0.1) is 0 Å². The second-order valence-corrected chi connectivity index (χ2v) is 4.38. The smallest absolute Gasteiger partial charge is 0.124 e. The fraction of sp³-hybridized carbons (Fsp3) is 0.700. The molecule has 1 aliphatic rings. The predicted octanol–water partition coefficient (Wildman–Crippen LogP) is -1.99.